The molecule has 0 fully saturated rings. The van der Waals surface area contributed by atoms with Crippen molar-refractivity contribution >= 4 is 25.1 Å². The Morgan fingerprint density at radius 2 is 2.27 bits per heavy atom. The number of carboxylic acids is 1. The molecule has 1 unspecified atom stereocenters. The minimum absolute atomic E-state index is 0.0259. The summed E-state index contributed by atoms with van der Waals surface area (Å²) in [4.78, 5) is 21.0. The fraction of sp³-hybridized carbons (Fsp3) is 0.615. The van der Waals surface area contributed by atoms with Crippen molar-refractivity contribution in [3.63, 3.8) is 0 Å². The third-order valence-electron chi connectivity index (χ3n) is 2.72. The molecule has 9 heteroatoms. The van der Waals surface area contributed by atoms with Crippen molar-refractivity contribution in [3.05, 3.63) is 17.8 Å². The molecule has 1 aromatic rings. The van der Waals surface area contributed by atoms with E-state index in [1.165, 1.54) is 11.8 Å². The summed E-state index contributed by atoms with van der Waals surface area (Å²) in [6.45, 7) is 3.68. The van der Waals surface area contributed by atoms with E-state index in [1.54, 1.807) is 12.3 Å². The van der Waals surface area contributed by atoms with Gasteiger partial charge in [0.25, 0.3) is 0 Å². The molecule has 0 amide bonds. The van der Waals surface area contributed by atoms with Gasteiger partial charge in [-0.2, -0.15) is 10.3 Å². The van der Waals surface area contributed by atoms with Gasteiger partial charge in [0, 0.05) is 11.7 Å². The zero-order valence-corrected chi connectivity index (χ0v) is 14.4. The number of aromatic amines is 1. The first-order valence-corrected chi connectivity index (χ1v) is 10.0. The summed E-state index contributed by atoms with van der Waals surface area (Å²) in [6, 6.07) is 0. The lowest BCUT2D eigenvalue weighted by Crippen LogP contribution is -2.09. The van der Waals surface area contributed by atoms with Crippen LogP contribution in [-0.2, 0) is 9.36 Å². The third kappa shape index (κ3) is 7.77. The lowest BCUT2D eigenvalue weighted by Gasteiger charge is -2.14. The largest absolute Gasteiger partial charge is 0.478 e. The quantitative estimate of drug-likeness (QED) is 0.258. The van der Waals surface area contributed by atoms with Gasteiger partial charge in [-0.15, -0.1) is 16.9 Å². The Morgan fingerprint density at radius 3 is 2.82 bits per heavy atom. The van der Waals surface area contributed by atoms with E-state index in [9.17, 15) is 14.3 Å². The van der Waals surface area contributed by atoms with Crippen LogP contribution in [-0.4, -0.2) is 49.5 Å². The van der Waals surface area contributed by atoms with Crippen LogP contribution >= 0.6 is 19.1 Å². The number of nitrogens with one attached hydrogen (secondary N) is 1. The van der Waals surface area contributed by atoms with E-state index < -0.39 is 13.3 Å². The van der Waals surface area contributed by atoms with E-state index in [0.29, 0.717) is 6.42 Å². The maximum absolute atomic E-state index is 12.0. The Labute approximate surface area is 134 Å². The molecule has 1 aromatic heterocycles. The van der Waals surface area contributed by atoms with Gasteiger partial charge in [0.1, 0.15) is 5.03 Å². The molecule has 0 spiro atoms. The number of hydrogen-bond donors (Lipinski definition) is 3. The number of aromatic nitrogens is 3. The summed E-state index contributed by atoms with van der Waals surface area (Å²) in [5.41, 5.74) is 0.0259. The molecule has 0 aliphatic heterocycles. The van der Waals surface area contributed by atoms with Crippen LogP contribution in [0.25, 0.3) is 0 Å². The normalized spacial score (nSPS) is 15.0. The number of allylic oxidation sites excluding steroid dienone is 1. The molecule has 0 aliphatic rings. The van der Waals surface area contributed by atoms with Crippen LogP contribution < -0.4 is 0 Å². The van der Waals surface area contributed by atoms with Crippen LogP contribution in [0.1, 0.15) is 26.7 Å². The topological polar surface area (TPSA) is 116 Å². The van der Waals surface area contributed by atoms with Gasteiger partial charge in [-0.25, -0.2) is 4.79 Å². The molecule has 1 rings (SSSR count). The minimum Gasteiger partial charge on any atom is -0.478 e. The molecular formula is C13H22N3O4PS. The number of carboxylic acid groups (broad SMARTS) is 1. The highest BCUT2D eigenvalue weighted by Gasteiger charge is 2.24. The smallest absolute Gasteiger partial charge is 0.331 e. The molecule has 124 valence electrons. The number of hydrogen-bond acceptors (Lipinski definition) is 5. The summed E-state index contributed by atoms with van der Waals surface area (Å²) in [5.74, 6) is -0.287. The molecule has 0 radical (unpaired) electrons. The molecule has 7 nitrogen and oxygen atoms in total. The summed E-state index contributed by atoms with van der Waals surface area (Å²) in [7, 11) is -3.43. The maximum atomic E-state index is 12.0. The predicted octanol–water partition coefficient (Wildman–Crippen LogP) is 2.61. The van der Waals surface area contributed by atoms with Gasteiger partial charge in [-0.05, 0) is 24.5 Å². The number of H-pyrrole nitrogens is 1. The number of thioether (sulfide) groups is 1. The SMILES string of the molecule is CC(C)CP(=O)(O)CC(=CCCCSc1cn[nH]n1)C(=O)O. The maximum Gasteiger partial charge on any atom is 0.331 e. The lowest BCUT2D eigenvalue weighted by molar-refractivity contribution is -0.132. The van der Waals surface area contributed by atoms with Crippen LogP contribution in [0.15, 0.2) is 22.9 Å². The first-order chi connectivity index (χ1) is 10.3. The average molecular weight is 347 g/mol. The Hall–Kier alpha value is -1.11. The Morgan fingerprint density at radius 1 is 1.55 bits per heavy atom. The van der Waals surface area contributed by atoms with Gasteiger partial charge in [-0.1, -0.05) is 19.9 Å². The first-order valence-electron chi connectivity index (χ1n) is 7.02. The molecule has 0 aromatic carbocycles. The molecule has 0 saturated heterocycles. The third-order valence-corrected chi connectivity index (χ3v) is 5.85. The van der Waals surface area contributed by atoms with Gasteiger partial charge in [0.2, 0.25) is 7.37 Å². The van der Waals surface area contributed by atoms with Gasteiger partial charge < -0.3 is 10.00 Å². The molecular weight excluding hydrogens is 325 g/mol. The van der Waals surface area contributed by atoms with E-state index >= 15 is 0 Å². The van der Waals surface area contributed by atoms with Crippen molar-refractivity contribution in [1.82, 2.24) is 15.4 Å². The van der Waals surface area contributed by atoms with Gasteiger partial charge in [-0.3, -0.25) is 4.57 Å². The summed E-state index contributed by atoms with van der Waals surface area (Å²) < 4.78 is 12.0. The van der Waals surface area contributed by atoms with Crippen LogP contribution in [0.3, 0.4) is 0 Å². The Bertz CT molecular complexity index is 545. The fourth-order valence-corrected chi connectivity index (χ4v) is 4.74. The molecule has 22 heavy (non-hydrogen) atoms. The zero-order valence-electron chi connectivity index (χ0n) is 12.7. The van der Waals surface area contributed by atoms with E-state index in [-0.39, 0.29) is 23.8 Å². The van der Waals surface area contributed by atoms with Crippen LogP contribution in [0, 0.1) is 5.92 Å². The molecule has 1 heterocycles. The van der Waals surface area contributed by atoms with E-state index in [0.717, 1.165) is 17.2 Å². The number of aliphatic carboxylic acids is 1. The molecule has 1 atom stereocenters. The summed E-state index contributed by atoms with van der Waals surface area (Å²) >= 11 is 1.52. The van der Waals surface area contributed by atoms with Crippen molar-refractivity contribution in [2.75, 3.05) is 18.1 Å². The van der Waals surface area contributed by atoms with E-state index in [4.69, 9.17) is 5.11 Å². The zero-order chi connectivity index (χ0) is 16.6. The van der Waals surface area contributed by atoms with E-state index in [2.05, 4.69) is 15.4 Å². The predicted molar refractivity (Wildman–Crippen MR) is 86.5 cm³/mol. The number of nitrogens with zero attached hydrogens (tertiary/aromatic N) is 2. The number of unbranched alkanes of at least 4 members (excludes halogenated alkanes) is 1. The molecule has 0 saturated carbocycles. The molecule has 0 bridgehead atoms. The summed E-state index contributed by atoms with van der Waals surface area (Å²) in [5, 5.41) is 20.0. The van der Waals surface area contributed by atoms with Crippen molar-refractivity contribution < 1.29 is 19.4 Å². The highest BCUT2D eigenvalue weighted by atomic mass is 32.2. The van der Waals surface area contributed by atoms with E-state index in [1.807, 2.05) is 13.8 Å². The van der Waals surface area contributed by atoms with Gasteiger partial charge >= 0.3 is 5.97 Å². The average Bonchev–Trinajstić information content (AvgIpc) is 2.88. The minimum atomic E-state index is -3.43. The number of carbonyl (C=O) groups is 1. The van der Waals surface area contributed by atoms with Crippen molar-refractivity contribution in [3.8, 4) is 0 Å². The second-order valence-electron chi connectivity index (χ2n) is 5.41. The van der Waals surface area contributed by atoms with Crippen LogP contribution in [0.5, 0.6) is 0 Å². The summed E-state index contributed by atoms with van der Waals surface area (Å²) in [6.07, 6.45) is 4.35. The van der Waals surface area contributed by atoms with Crippen molar-refractivity contribution in [2.45, 2.75) is 31.7 Å². The first kappa shape index (κ1) is 18.9. The highest BCUT2D eigenvalue weighted by molar-refractivity contribution is 7.99. The van der Waals surface area contributed by atoms with Crippen molar-refractivity contribution in [2.24, 2.45) is 5.92 Å². The Balaban J connectivity index is 2.45. The van der Waals surface area contributed by atoms with Crippen LogP contribution in [0.4, 0.5) is 0 Å². The van der Waals surface area contributed by atoms with Crippen LogP contribution in [0.2, 0.25) is 0 Å². The van der Waals surface area contributed by atoms with Gasteiger partial charge in [0.15, 0.2) is 0 Å². The molecule has 3 N–H and O–H groups in total. The lowest BCUT2D eigenvalue weighted by atomic mass is 10.2. The highest BCUT2D eigenvalue weighted by Crippen LogP contribution is 2.44. The van der Waals surface area contributed by atoms with Crippen molar-refractivity contribution in [1.29, 1.82) is 0 Å². The number of rotatable bonds is 10. The standard InChI is InChI=1S/C13H22N3O4PS/c1-10(2)8-21(19,20)9-11(13(17)18)5-3-4-6-22-12-7-14-16-15-12/h5,7,10H,3-4,6,8-9H2,1-2H3,(H,17,18)(H,19,20)(H,14,15,16). The molecule has 0 aliphatic carbocycles. The van der Waals surface area contributed by atoms with Gasteiger partial charge in [0.05, 0.1) is 12.4 Å². The second-order valence-corrected chi connectivity index (χ2v) is 8.90. The Kier molecular flexibility index (Phi) is 7.85. The second kappa shape index (κ2) is 9.12. The fourth-order valence-electron chi connectivity index (χ4n) is 1.92. The monoisotopic (exact) mass is 347 g/mol.